The zero-order chi connectivity index (χ0) is 19.6. The van der Waals surface area contributed by atoms with Gasteiger partial charge in [-0.15, -0.1) is 16.4 Å². The van der Waals surface area contributed by atoms with Gasteiger partial charge in [0.25, 0.3) is 0 Å². The Labute approximate surface area is 174 Å². The van der Waals surface area contributed by atoms with Crippen molar-refractivity contribution in [2.75, 3.05) is 4.90 Å². The molecule has 1 aliphatic heterocycles. The lowest BCUT2D eigenvalue weighted by Crippen LogP contribution is -2.31. The average molecular weight is 441 g/mol. The number of hydrogen-bond acceptors (Lipinski definition) is 6. The summed E-state index contributed by atoms with van der Waals surface area (Å²) in [6.45, 7) is 1.82. The molecule has 0 bridgehead atoms. The predicted octanol–water partition coefficient (Wildman–Crippen LogP) is 4.16. The SMILES string of the molecule is C/C(=N/N=C(\N)S[C@@H]1CC(=O)N(c2ccc(Cl)c(Cl)c2)C1=O)c1cccs1. The standard InChI is InChI=1S/C17H14Cl2N4O2S2/c1-9(13-3-2-6-26-13)21-22-17(20)27-14-8-15(24)23(16(14)25)10-4-5-11(18)12(19)7-10/h2-7,14H,8H2,1H3,(H2,20,22)/b21-9-/t14-/m1/s1. The Bertz CT molecular complexity index is 944. The lowest BCUT2D eigenvalue weighted by Gasteiger charge is -2.15. The molecular weight excluding hydrogens is 427 g/mol. The zero-order valence-corrected chi connectivity index (χ0v) is 17.2. The van der Waals surface area contributed by atoms with Crippen LogP contribution in [0.15, 0.2) is 45.9 Å². The van der Waals surface area contributed by atoms with Gasteiger partial charge in [0.05, 0.1) is 26.3 Å². The van der Waals surface area contributed by atoms with Crippen LogP contribution >= 0.6 is 46.3 Å². The van der Waals surface area contributed by atoms with Gasteiger partial charge in [-0.3, -0.25) is 9.59 Å². The summed E-state index contributed by atoms with van der Waals surface area (Å²) in [5.74, 6) is -0.706. The minimum atomic E-state index is -0.659. The summed E-state index contributed by atoms with van der Waals surface area (Å²) >= 11 is 14.4. The highest BCUT2D eigenvalue weighted by Gasteiger charge is 2.40. The van der Waals surface area contributed by atoms with Gasteiger partial charge in [0, 0.05) is 6.42 Å². The van der Waals surface area contributed by atoms with E-state index in [-0.39, 0.29) is 28.4 Å². The Balaban J connectivity index is 1.72. The van der Waals surface area contributed by atoms with Crippen LogP contribution in [0.2, 0.25) is 10.0 Å². The summed E-state index contributed by atoms with van der Waals surface area (Å²) in [5, 5.41) is 10.1. The van der Waals surface area contributed by atoms with E-state index in [0.29, 0.717) is 10.7 Å². The van der Waals surface area contributed by atoms with Gasteiger partial charge in [-0.2, -0.15) is 5.10 Å². The highest BCUT2D eigenvalue weighted by atomic mass is 35.5. The molecule has 1 saturated heterocycles. The molecule has 1 fully saturated rings. The fourth-order valence-corrected chi connectivity index (χ4v) is 4.20. The normalized spacial score (nSPS) is 18.5. The van der Waals surface area contributed by atoms with Crippen LogP contribution in [0, 0.1) is 0 Å². The van der Waals surface area contributed by atoms with E-state index in [1.165, 1.54) is 12.1 Å². The second kappa shape index (κ2) is 8.43. The zero-order valence-electron chi connectivity index (χ0n) is 14.1. The van der Waals surface area contributed by atoms with Crippen LogP contribution in [0.4, 0.5) is 5.69 Å². The molecule has 27 heavy (non-hydrogen) atoms. The summed E-state index contributed by atoms with van der Waals surface area (Å²) < 4.78 is 0. The molecule has 0 saturated carbocycles. The molecule has 1 aliphatic rings. The molecule has 0 aliphatic carbocycles. The first-order valence-corrected chi connectivity index (χ1v) is 10.3. The van der Waals surface area contributed by atoms with E-state index >= 15 is 0 Å². The summed E-state index contributed by atoms with van der Waals surface area (Å²) in [7, 11) is 0. The smallest absolute Gasteiger partial charge is 0.247 e. The minimum Gasteiger partial charge on any atom is -0.377 e. The van der Waals surface area contributed by atoms with E-state index in [1.807, 2.05) is 24.4 Å². The molecule has 2 N–H and O–H groups in total. The molecule has 1 aromatic heterocycles. The Kier molecular flexibility index (Phi) is 6.21. The van der Waals surface area contributed by atoms with Gasteiger partial charge in [0.15, 0.2) is 5.17 Å². The number of nitrogens with two attached hydrogens (primary N) is 1. The molecule has 1 aromatic carbocycles. The number of amidine groups is 1. The lowest BCUT2D eigenvalue weighted by molar-refractivity contribution is -0.121. The van der Waals surface area contributed by atoms with Crippen LogP contribution in [0.25, 0.3) is 0 Å². The minimum absolute atomic E-state index is 0.0214. The fraction of sp³-hybridized carbons (Fsp3) is 0.176. The van der Waals surface area contributed by atoms with E-state index in [4.69, 9.17) is 28.9 Å². The van der Waals surface area contributed by atoms with Crippen molar-refractivity contribution in [3.63, 3.8) is 0 Å². The number of carbonyl (C=O) groups is 2. The number of imide groups is 1. The van der Waals surface area contributed by atoms with E-state index in [0.717, 1.165) is 27.3 Å². The molecule has 140 valence electrons. The van der Waals surface area contributed by atoms with Gasteiger partial charge in [0.1, 0.15) is 5.25 Å². The van der Waals surface area contributed by atoms with Gasteiger partial charge in [-0.1, -0.05) is 41.0 Å². The highest BCUT2D eigenvalue weighted by molar-refractivity contribution is 8.14. The number of thiophene rings is 1. The second-order valence-electron chi connectivity index (χ2n) is 5.58. The van der Waals surface area contributed by atoms with Crippen molar-refractivity contribution in [3.05, 3.63) is 50.6 Å². The van der Waals surface area contributed by atoms with Crippen LogP contribution < -0.4 is 10.6 Å². The number of halogens is 2. The van der Waals surface area contributed by atoms with Crippen molar-refractivity contribution >= 4 is 74.7 Å². The molecule has 2 amide bonds. The van der Waals surface area contributed by atoms with Gasteiger partial charge < -0.3 is 5.73 Å². The number of amides is 2. The lowest BCUT2D eigenvalue weighted by atomic mass is 10.3. The second-order valence-corrected chi connectivity index (χ2v) is 8.56. The van der Waals surface area contributed by atoms with Crippen LogP contribution in [0.3, 0.4) is 0 Å². The fourth-order valence-electron chi connectivity index (χ4n) is 2.42. The summed E-state index contributed by atoms with van der Waals surface area (Å²) in [5.41, 5.74) is 6.98. The maximum absolute atomic E-state index is 12.6. The maximum Gasteiger partial charge on any atom is 0.247 e. The van der Waals surface area contributed by atoms with E-state index < -0.39 is 5.25 Å². The Morgan fingerprint density at radius 3 is 2.70 bits per heavy atom. The van der Waals surface area contributed by atoms with Crippen LogP contribution in [-0.2, 0) is 9.59 Å². The number of carbonyl (C=O) groups excluding carboxylic acids is 2. The third kappa shape index (κ3) is 4.52. The summed E-state index contributed by atoms with van der Waals surface area (Å²) in [4.78, 5) is 27.0. The predicted molar refractivity (Wildman–Crippen MR) is 113 cm³/mol. The van der Waals surface area contributed by atoms with E-state index in [2.05, 4.69) is 10.2 Å². The third-order valence-electron chi connectivity index (χ3n) is 3.71. The Hall–Kier alpha value is -1.87. The third-order valence-corrected chi connectivity index (χ3v) is 6.40. The molecule has 0 radical (unpaired) electrons. The van der Waals surface area contributed by atoms with Crippen molar-refractivity contribution in [3.8, 4) is 0 Å². The van der Waals surface area contributed by atoms with Gasteiger partial charge >= 0.3 is 0 Å². The quantitative estimate of drug-likeness (QED) is 0.334. The van der Waals surface area contributed by atoms with Crippen molar-refractivity contribution in [2.24, 2.45) is 15.9 Å². The number of benzene rings is 1. The molecule has 0 unspecified atom stereocenters. The number of nitrogens with zero attached hydrogens (tertiary/aromatic N) is 3. The summed E-state index contributed by atoms with van der Waals surface area (Å²) in [6.07, 6.45) is 0.0214. The monoisotopic (exact) mass is 440 g/mol. The van der Waals surface area contributed by atoms with Crippen molar-refractivity contribution in [1.82, 2.24) is 0 Å². The van der Waals surface area contributed by atoms with E-state index in [9.17, 15) is 9.59 Å². The number of thioether (sulfide) groups is 1. The number of hydrogen-bond donors (Lipinski definition) is 1. The highest BCUT2D eigenvalue weighted by Crippen LogP contribution is 2.33. The molecule has 0 spiro atoms. The molecule has 2 heterocycles. The molecule has 2 aromatic rings. The van der Waals surface area contributed by atoms with Crippen molar-refractivity contribution < 1.29 is 9.59 Å². The topological polar surface area (TPSA) is 88.1 Å². The van der Waals surface area contributed by atoms with Crippen LogP contribution in [0.1, 0.15) is 18.2 Å². The van der Waals surface area contributed by atoms with Crippen LogP contribution in [-0.4, -0.2) is 27.9 Å². The Morgan fingerprint density at radius 2 is 2.04 bits per heavy atom. The van der Waals surface area contributed by atoms with E-state index in [1.54, 1.807) is 17.4 Å². The molecule has 1 atom stereocenters. The largest absolute Gasteiger partial charge is 0.377 e. The van der Waals surface area contributed by atoms with Crippen molar-refractivity contribution in [1.29, 1.82) is 0 Å². The van der Waals surface area contributed by atoms with Gasteiger partial charge in [0.2, 0.25) is 11.8 Å². The molecule has 3 rings (SSSR count). The maximum atomic E-state index is 12.6. The Morgan fingerprint density at radius 1 is 1.26 bits per heavy atom. The average Bonchev–Trinajstić information content (AvgIpc) is 3.25. The first-order chi connectivity index (χ1) is 12.9. The molecular formula is C17H14Cl2N4O2S2. The first-order valence-electron chi connectivity index (χ1n) is 7.77. The number of anilines is 1. The molecule has 10 heteroatoms. The number of rotatable bonds is 4. The van der Waals surface area contributed by atoms with Crippen LogP contribution in [0.5, 0.6) is 0 Å². The molecule has 6 nitrogen and oxygen atoms in total. The van der Waals surface area contributed by atoms with Crippen molar-refractivity contribution in [2.45, 2.75) is 18.6 Å². The van der Waals surface area contributed by atoms with Gasteiger partial charge in [-0.05, 0) is 36.6 Å². The summed E-state index contributed by atoms with van der Waals surface area (Å²) in [6, 6.07) is 8.44. The van der Waals surface area contributed by atoms with Gasteiger partial charge in [-0.25, -0.2) is 4.90 Å². The first kappa shape index (κ1) is 19.9.